The number of carbonyl (C=O) groups excluding carboxylic acids is 1. The Bertz CT molecular complexity index is 692. The SMILES string of the molecule is Cc1cc(C#CCO)cc(NC(=O)c2ccc(C)s2)c1. The average molecular weight is 285 g/mol. The lowest BCUT2D eigenvalue weighted by molar-refractivity contribution is 0.103. The third-order valence-corrected chi connectivity index (χ3v) is 3.61. The van der Waals surface area contributed by atoms with E-state index >= 15 is 0 Å². The number of rotatable bonds is 2. The van der Waals surface area contributed by atoms with Crippen LogP contribution in [0.25, 0.3) is 0 Å². The lowest BCUT2D eigenvalue weighted by Gasteiger charge is -2.06. The molecule has 0 bridgehead atoms. The van der Waals surface area contributed by atoms with E-state index in [2.05, 4.69) is 17.2 Å². The normalized spacial score (nSPS) is 9.75. The number of thiophene rings is 1. The molecule has 20 heavy (non-hydrogen) atoms. The summed E-state index contributed by atoms with van der Waals surface area (Å²) < 4.78 is 0. The third-order valence-electron chi connectivity index (χ3n) is 2.61. The van der Waals surface area contributed by atoms with E-state index in [0.29, 0.717) is 10.6 Å². The first-order chi connectivity index (χ1) is 9.58. The Labute approximate surface area is 122 Å². The van der Waals surface area contributed by atoms with Crippen molar-refractivity contribution in [2.75, 3.05) is 11.9 Å². The van der Waals surface area contributed by atoms with Crippen molar-refractivity contribution in [3.63, 3.8) is 0 Å². The molecule has 2 aromatic rings. The van der Waals surface area contributed by atoms with Crippen LogP contribution in [0.4, 0.5) is 5.69 Å². The van der Waals surface area contributed by atoms with Crippen LogP contribution in [0.5, 0.6) is 0 Å². The summed E-state index contributed by atoms with van der Waals surface area (Å²) in [5.74, 6) is 5.33. The van der Waals surface area contributed by atoms with Crippen LogP contribution in [0.3, 0.4) is 0 Å². The van der Waals surface area contributed by atoms with Gasteiger partial charge in [-0.2, -0.15) is 0 Å². The largest absolute Gasteiger partial charge is 0.384 e. The summed E-state index contributed by atoms with van der Waals surface area (Å²) in [6, 6.07) is 9.34. The molecule has 0 spiro atoms. The smallest absolute Gasteiger partial charge is 0.265 e. The van der Waals surface area contributed by atoms with Crippen LogP contribution in [-0.2, 0) is 0 Å². The first-order valence-electron chi connectivity index (χ1n) is 6.17. The van der Waals surface area contributed by atoms with Crippen LogP contribution in [0.2, 0.25) is 0 Å². The van der Waals surface area contributed by atoms with Crippen molar-refractivity contribution in [2.45, 2.75) is 13.8 Å². The van der Waals surface area contributed by atoms with Gasteiger partial charge in [0, 0.05) is 16.1 Å². The molecular weight excluding hydrogens is 270 g/mol. The molecule has 2 N–H and O–H groups in total. The fourth-order valence-electron chi connectivity index (χ4n) is 1.82. The second kappa shape index (κ2) is 6.38. The second-order valence-corrected chi connectivity index (χ2v) is 5.70. The van der Waals surface area contributed by atoms with E-state index in [0.717, 1.165) is 16.0 Å². The molecule has 0 atom stereocenters. The van der Waals surface area contributed by atoms with Gasteiger partial charge in [-0.05, 0) is 49.7 Å². The highest BCUT2D eigenvalue weighted by Gasteiger charge is 2.08. The van der Waals surface area contributed by atoms with Crippen LogP contribution in [0, 0.1) is 25.7 Å². The molecule has 0 saturated carbocycles. The number of nitrogens with one attached hydrogen (secondary N) is 1. The van der Waals surface area contributed by atoms with Crippen molar-refractivity contribution in [3.05, 3.63) is 51.2 Å². The van der Waals surface area contributed by atoms with Crippen molar-refractivity contribution < 1.29 is 9.90 Å². The van der Waals surface area contributed by atoms with E-state index in [-0.39, 0.29) is 12.5 Å². The van der Waals surface area contributed by atoms with Gasteiger partial charge in [0.1, 0.15) is 6.61 Å². The number of carbonyl (C=O) groups is 1. The summed E-state index contributed by atoms with van der Waals surface area (Å²) in [5, 5.41) is 11.6. The number of aliphatic hydroxyl groups excluding tert-OH is 1. The van der Waals surface area contributed by atoms with Crippen molar-refractivity contribution in [1.82, 2.24) is 0 Å². The molecule has 0 radical (unpaired) electrons. The molecule has 0 unspecified atom stereocenters. The Kier molecular flexibility index (Phi) is 4.57. The molecule has 0 aliphatic heterocycles. The van der Waals surface area contributed by atoms with E-state index in [4.69, 9.17) is 5.11 Å². The molecule has 0 saturated heterocycles. The number of aryl methyl sites for hydroxylation is 2. The number of hydrogen-bond donors (Lipinski definition) is 2. The molecule has 1 heterocycles. The van der Waals surface area contributed by atoms with Gasteiger partial charge in [-0.15, -0.1) is 11.3 Å². The van der Waals surface area contributed by atoms with Gasteiger partial charge in [0.05, 0.1) is 4.88 Å². The zero-order valence-electron chi connectivity index (χ0n) is 11.4. The molecule has 4 heteroatoms. The summed E-state index contributed by atoms with van der Waals surface area (Å²) in [7, 11) is 0. The van der Waals surface area contributed by atoms with Gasteiger partial charge in [-0.3, -0.25) is 4.79 Å². The first kappa shape index (κ1) is 14.3. The molecule has 0 fully saturated rings. The maximum Gasteiger partial charge on any atom is 0.265 e. The van der Waals surface area contributed by atoms with Gasteiger partial charge >= 0.3 is 0 Å². The minimum atomic E-state index is -0.176. The molecule has 1 aromatic carbocycles. The lowest BCUT2D eigenvalue weighted by atomic mass is 10.1. The number of aliphatic hydroxyl groups is 1. The highest BCUT2D eigenvalue weighted by atomic mass is 32.1. The summed E-state index contributed by atoms with van der Waals surface area (Å²) in [6.45, 7) is 3.73. The highest BCUT2D eigenvalue weighted by molar-refractivity contribution is 7.14. The van der Waals surface area contributed by atoms with Crippen LogP contribution < -0.4 is 5.32 Å². The maximum absolute atomic E-state index is 12.1. The Hall–Kier alpha value is -2.09. The third kappa shape index (κ3) is 3.70. The predicted molar refractivity (Wildman–Crippen MR) is 82.2 cm³/mol. The molecular formula is C16H15NO2S. The minimum absolute atomic E-state index is 0.116. The summed E-state index contributed by atoms with van der Waals surface area (Å²) in [5.41, 5.74) is 2.49. The van der Waals surface area contributed by atoms with E-state index in [1.54, 1.807) is 6.07 Å². The Balaban J connectivity index is 2.20. The predicted octanol–water partition coefficient (Wildman–Crippen LogP) is 2.96. The van der Waals surface area contributed by atoms with Crippen LogP contribution in [0.15, 0.2) is 30.3 Å². The molecule has 3 nitrogen and oxygen atoms in total. The topological polar surface area (TPSA) is 49.3 Å². The van der Waals surface area contributed by atoms with Crippen molar-refractivity contribution in [1.29, 1.82) is 0 Å². The van der Waals surface area contributed by atoms with Gasteiger partial charge in [-0.1, -0.05) is 11.8 Å². The zero-order valence-corrected chi connectivity index (χ0v) is 12.2. The van der Waals surface area contributed by atoms with E-state index in [1.165, 1.54) is 11.3 Å². The Morgan fingerprint density at radius 1 is 1.30 bits per heavy atom. The molecule has 0 aliphatic rings. The number of amides is 1. The molecule has 102 valence electrons. The van der Waals surface area contributed by atoms with Crippen molar-refractivity contribution in [2.24, 2.45) is 0 Å². The van der Waals surface area contributed by atoms with Gasteiger partial charge < -0.3 is 10.4 Å². The monoisotopic (exact) mass is 285 g/mol. The summed E-state index contributed by atoms with van der Waals surface area (Å²) in [4.78, 5) is 13.9. The fraction of sp³-hybridized carbons (Fsp3) is 0.188. The maximum atomic E-state index is 12.1. The van der Waals surface area contributed by atoms with Crippen molar-refractivity contribution >= 4 is 22.9 Å². The molecule has 0 aliphatic carbocycles. The van der Waals surface area contributed by atoms with E-state index in [9.17, 15) is 4.79 Å². The quantitative estimate of drug-likeness (QED) is 0.833. The molecule has 1 aromatic heterocycles. The van der Waals surface area contributed by atoms with E-state index < -0.39 is 0 Å². The Morgan fingerprint density at radius 2 is 2.10 bits per heavy atom. The van der Waals surface area contributed by atoms with Gasteiger partial charge in [0.2, 0.25) is 0 Å². The standard InChI is InChI=1S/C16H15NO2S/c1-11-8-13(4-3-7-18)10-14(9-11)17-16(19)15-6-5-12(2)20-15/h5-6,8-10,18H,7H2,1-2H3,(H,17,19). The Morgan fingerprint density at radius 3 is 2.75 bits per heavy atom. The number of hydrogen-bond acceptors (Lipinski definition) is 3. The van der Waals surface area contributed by atoms with Gasteiger partial charge in [0.15, 0.2) is 0 Å². The van der Waals surface area contributed by atoms with Crippen molar-refractivity contribution in [3.8, 4) is 11.8 Å². The zero-order chi connectivity index (χ0) is 14.5. The lowest BCUT2D eigenvalue weighted by Crippen LogP contribution is -2.10. The second-order valence-electron chi connectivity index (χ2n) is 4.41. The van der Waals surface area contributed by atoms with Gasteiger partial charge in [0.25, 0.3) is 5.91 Å². The van der Waals surface area contributed by atoms with Gasteiger partial charge in [-0.25, -0.2) is 0 Å². The van der Waals surface area contributed by atoms with Crippen LogP contribution in [0.1, 0.15) is 25.7 Å². The average Bonchev–Trinajstić information content (AvgIpc) is 2.82. The first-order valence-corrected chi connectivity index (χ1v) is 6.99. The summed E-state index contributed by atoms with van der Waals surface area (Å²) in [6.07, 6.45) is 0. The fourth-order valence-corrected chi connectivity index (χ4v) is 2.58. The minimum Gasteiger partial charge on any atom is -0.384 e. The number of benzene rings is 1. The molecule has 1 amide bonds. The van der Waals surface area contributed by atoms with Crippen LogP contribution >= 0.6 is 11.3 Å². The summed E-state index contributed by atoms with van der Waals surface area (Å²) >= 11 is 1.46. The van der Waals surface area contributed by atoms with Crippen LogP contribution in [-0.4, -0.2) is 17.6 Å². The van der Waals surface area contributed by atoms with E-state index in [1.807, 2.05) is 38.1 Å². The number of anilines is 1. The molecule has 2 rings (SSSR count). The highest BCUT2D eigenvalue weighted by Crippen LogP contribution is 2.19.